The van der Waals surface area contributed by atoms with Gasteiger partial charge < -0.3 is 0 Å². The number of hydrogen-bond donors (Lipinski definition) is 0. The lowest BCUT2D eigenvalue weighted by molar-refractivity contribution is 0.769. The van der Waals surface area contributed by atoms with E-state index in [0.717, 1.165) is 5.69 Å². The number of rotatable bonds is 4. The zero-order valence-electron chi connectivity index (χ0n) is 13.3. The third-order valence-corrected chi connectivity index (χ3v) is 4.94. The average Bonchev–Trinajstić information content (AvgIpc) is 3.20. The predicted octanol–water partition coefficient (Wildman–Crippen LogP) is 4.20. The minimum Gasteiger partial charge on any atom is -0.255 e. The third kappa shape index (κ3) is 3.29. The van der Waals surface area contributed by atoms with Crippen LogP contribution in [0.3, 0.4) is 0 Å². The van der Waals surface area contributed by atoms with E-state index in [4.69, 9.17) is 23.2 Å². The molecular formula is C16H12Cl2N6S. The maximum atomic E-state index is 9.70. The summed E-state index contributed by atoms with van der Waals surface area (Å²) in [6.07, 6.45) is 5.24. The van der Waals surface area contributed by atoms with Gasteiger partial charge in [0.15, 0.2) is 10.9 Å². The molecule has 0 aliphatic heterocycles. The fourth-order valence-corrected chi connectivity index (χ4v) is 3.69. The Morgan fingerprint density at radius 3 is 2.56 bits per heavy atom. The van der Waals surface area contributed by atoms with Gasteiger partial charge in [-0.25, -0.2) is 4.68 Å². The van der Waals surface area contributed by atoms with Gasteiger partial charge >= 0.3 is 0 Å². The van der Waals surface area contributed by atoms with Crippen LogP contribution in [0.2, 0.25) is 10.3 Å². The summed E-state index contributed by atoms with van der Waals surface area (Å²) in [5.41, 5.74) is 2.22. The van der Waals surface area contributed by atoms with E-state index in [1.807, 2.05) is 24.5 Å². The highest BCUT2D eigenvalue weighted by atomic mass is 35.5. The predicted molar refractivity (Wildman–Crippen MR) is 101 cm³/mol. The van der Waals surface area contributed by atoms with E-state index in [0.29, 0.717) is 27.0 Å². The van der Waals surface area contributed by atoms with Crippen molar-refractivity contribution < 1.29 is 0 Å². The summed E-state index contributed by atoms with van der Waals surface area (Å²) in [5, 5.41) is 18.9. The van der Waals surface area contributed by atoms with Gasteiger partial charge in [-0.15, -0.1) is 11.8 Å². The largest absolute Gasteiger partial charge is 0.255 e. The molecule has 6 nitrogen and oxygen atoms in total. The fourth-order valence-electron chi connectivity index (χ4n) is 2.28. The zero-order valence-corrected chi connectivity index (χ0v) is 15.6. The van der Waals surface area contributed by atoms with Crippen LogP contribution in [-0.4, -0.2) is 30.8 Å². The van der Waals surface area contributed by atoms with Crippen LogP contribution in [-0.2, 0) is 7.05 Å². The van der Waals surface area contributed by atoms with E-state index >= 15 is 0 Å². The van der Waals surface area contributed by atoms with Crippen LogP contribution in [0.15, 0.2) is 36.7 Å². The maximum absolute atomic E-state index is 9.70. The molecule has 0 saturated heterocycles. The van der Waals surface area contributed by atoms with Crippen LogP contribution in [0.25, 0.3) is 22.0 Å². The first-order chi connectivity index (χ1) is 12.1. The Kier molecular flexibility index (Phi) is 5.13. The molecular weight excluding hydrogens is 379 g/mol. The Bertz CT molecular complexity index is 984. The van der Waals surface area contributed by atoms with Crippen molar-refractivity contribution >= 4 is 45.6 Å². The van der Waals surface area contributed by atoms with Crippen molar-refractivity contribution in [2.75, 3.05) is 6.26 Å². The second-order valence-electron chi connectivity index (χ2n) is 4.93. The number of aryl methyl sites for hydroxylation is 1. The molecule has 0 saturated carbocycles. The van der Waals surface area contributed by atoms with E-state index in [9.17, 15) is 5.26 Å². The van der Waals surface area contributed by atoms with Gasteiger partial charge in [-0.2, -0.15) is 15.5 Å². The van der Waals surface area contributed by atoms with Gasteiger partial charge in [-0.3, -0.25) is 9.67 Å². The lowest BCUT2D eigenvalue weighted by Crippen LogP contribution is -2.00. The zero-order chi connectivity index (χ0) is 18.0. The number of pyridine rings is 1. The van der Waals surface area contributed by atoms with Crippen molar-refractivity contribution in [2.24, 2.45) is 7.05 Å². The molecule has 0 aliphatic carbocycles. The molecule has 0 fully saturated rings. The Hall–Kier alpha value is -2.27. The van der Waals surface area contributed by atoms with Gasteiger partial charge in [0.1, 0.15) is 16.9 Å². The summed E-state index contributed by atoms with van der Waals surface area (Å²) in [6.45, 7) is 0. The van der Waals surface area contributed by atoms with Crippen molar-refractivity contribution in [1.82, 2.24) is 24.5 Å². The number of aromatic nitrogens is 5. The quantitative estimate of drug-likeness (QED) is 0.624. The fraction of sp³-hybridized carbons (Fsp3) is 0.125. The third-order valence-electron chi connectivity index (χ3n) is 3.43. The van der Waals surface area contributed by atoms with Crippen LogP contribution in [0.1, 0.15) is 5.56 Å². The monoisotopic (exact) mass is 390 g/mol. The Labute approximate surface area is 158 Å². The topological polar surface area (TPSA) is 72.3 Å². The molecule has 0 aromatic carbocycles. The smallest absolute Gasteiger partial charge is 0.161 e. The minimum atomic E-state index is 0.238. The number of allylic oxidation sites excluding steroid dienone is 1. The highest BCUT2D eigenvalue weighted by Gasteiger charge is 2.22. The molecule has 0 atom stereocenters. The molecule has 126 valence electrons. The first-order valence-electron chi connectivity index (χ1n) is 7.11. The van der Waals surface area contributed by atoms with Gasteiger partial charge in [0, 0.05) is 19.4 Å². The van der Waals surface area contributed by atoms with Crippen molar-refractivity contribution in [3.8, 4) is 17.5 Å². The van der Waals surface area contributed by atoms with Crippen molar-refractivity contribution in [3.05, 3.63) is 52.5 Å². The van der Waals surface area contributed by atoms with E-state index in [1.54, 1.807) is 25.5 Å². The molecule has 0 unspecified atom stereocenters. The molecule has 3 aromatic rings. The first-order valence-corrected chi connectivity index (χ1v) is 9.09. The van der Waals surface area contributed by atoms with Crippen molar-refractivity contribution in [3.63, 3.8) is 0 Å². The number of nitrogens with zero attached hydrogens (tertiary/aromatic N) is 6. The summed E-state index contributed by atoms with van der Waals surface area (Å²) in [6, 6.07) is 9.54. The van der Waals surface area contributed by atoms with Gasteiger partial charge in [-0.1, -0.05) is 29.3 Å². The Balaban J connectivity index is 2.14. The van der Waals surface area contributed by atoms with Crippen LogP contribution in [0.5, 0.6) is 0 Å². The number of halogens is 2. The van der Waals surface area contributed by atoms with Crippen molar-refractivity contribution in [1.29, 1.82) is 5.26 Å². The van der Waals surface area contributed by atoms with Gasteiger partial charge in [0.05, 0.1) is 16.2 Å². The molecule has 3 aromatic heterocycles. The highest BCUT2D eigenvalue weighted by Crippen LogP contribution is 2.39. The average molecular weight is 391 g/mol. The van der Waals surface area contributed by atoms with Crippen LogP contribution < -0.4 is 0 Å². The van der Waals surface area contributed by atoms with E-state index in [-0.39, 0.29) is 5.15 Å². The molecule has 0 aliphatic rings. The minimum absolute atomic E-state index is 0.238. The summed E-state index contributed by atoms with van der Waals surface area (Å²) in [5.74, 6) is 0. The summed E-state index contributed by atoms with van der Waals surface area (Å²) < 4.78 is 2.96. The van der Waals surface area contributed by atoms with Gasteiger partial charge in [0.2, 0.25) is 0 Å². The SMILES string of the molecule is CSC(=C(C#N)n1ccc(-c2ccccn2)n1)c1c(Cl)nn(C)c1Cl. The lowest BCUT2D eigenvalue weighted by Gasteiger charge is -2.08. The number of nitriles is 1. The second-order valence-corrected chi connectivity index (χ2v) is 6.47. The molecule has 0 bridgehead atoms. The number of hydrogen-bond acceptors (Lipinski definition) is 5. The molecule has 0 spiro atoms. The molecule has 0 amide bonds. The summed E-state index contributed by atoms with van der Waals surface area (Å²) in [4.78, 5) is 4.87. The Morgan fingerprint density at radius 2 is 2.00 bits per heavy atom. The molecule has 0 N–H and O–H groups in total. The molecule has 0 radical (unpaired) electrons. The first kappa shape index (κ1) is 17.5. The maximum Gasteiger partial charge on any atom is 0.161 e. The lowest BCUT2D eigenvalue weighted by atomic mass is 10.3. The highest BCUT2D eigenvalue weighted by molar-refractivity contribution is 8.08. The van der Waals surface area contributed by atoms with Crippen LogP contribution >= 0.6 is 35.0 Å². The standard InChI is InChI=1S/C16H12Cl2N6S/c1-23-16(18)13(15(17)22-23)14(25-2)12(9-19)24-8-6-11(21-24)10-5-3-4-7-20-10/h3-8H,1-2H3. The van der Waals surface area contributed by atoms with Gasteiger partial charge in [0.25, 0.3) is 0 Å². The molecule has 3 rings (SSSR count). The van der Waals surface area contributed by atoms with E-state index in [2.05, 4.69) is 21.3 Å². The van der Waals surface area contributed by atoms with Crippen LogP contribution in [0, 0.1) is 11.3 Å². The Morgan fingerprint density at radius 1 is 1.20 bits per heavy atom. The summed E-state index contributed by atoms with van der Waals surface area (Å²) >= 11 is 13.9. The molecule has 3 heterocycles. The van der Waals surface area contributed by atoms with E-state index in [1.165, 1.54) is 21.1 Å². The normalized spacial score (nSPS) is 12.0. The number of thioether (sulfide) groups is 1. The summed E-state index contributed by atoms with van der Waals surface area (Å²) in [7, 11) is 1.69. The van der Waals surface area contributed by atoms with Crippen LogP contribution in [0.4, 0.5) is 0 Å². The van der Waals surface area contributed by atoms with E-state index < -0.39 is 0 Å². The van der Waals surface area contributed by atoms with Crippen molar-refractivity contribution in [2.45, 2.75) is 0 Å². The van der Waals surface area contributed by atoms with Gasteiger partial charge in [-0.05, 0) is 24.5 Å². The molecule has 25 heavy (non-hydrogen) atoms. The molecule has 9 heteroatoms. The second kappa shape index (κ2) is 7.31.